The molecule has 1 rings (SSSR count). The Morgan fingerprint density at radius 2 is 2.05 bits per heavy atom. The number of para-hydroxylation sites is 1. The number of amides is 1. The van der Waals surface area contributed by atoms with E-state index in [4.69, 9.17) is 16.3 Å². The smallest absolute Gasteiger partial charge is 0.258 e. The summed E-state index contributed by atoms with van der Waals surface area (Å²) in [6.07, 6.45) is 0.696. The van der Waals surface area contributed by atoms with Crippen LogP contribution in [0, 0.1) is 5.41 Å². The van der Waals surface area contributed by atoms with E-state index in [2.05, 4.69) is 26.1 Å². The Morgan fingerprint density at radius 3 is 2.60 bits per heavy atom. The number of hydrogen-bond donors (Lipinski definition) is 2. The van der Waals surface area contributed by atoms with Crippen LogP contribution in [0.5, 0.6) is 5.75 Å². The zero-order valence-corrected chi connectivity index (χ0v) is 12.9. The summed E-state index contributed by atoms with van der Waals surface area (Å²) in [5, 5.41) is 12.5. The van der Waals surface area contributed by atoms with Gasteiger partial charge in [-0.15, -0.1) is 0 Å². The van der Waals surface area contributed by atoms with Gasteiger partial charge in [0.1, 0.15) is 5.75 Å². The fraction of sp³-hybridized carbons (Fsp3) is 0.533. The Bertz CT molecular complexity index is 443. The van der Waals surface area contributed by atoms with Crippen LogP contribution in [-0.2, 0) is 4.79 Å². The van der Waals surface area contributed by atoms with Gasteiger partial charge in [-0.05, 0) is 24.0 Å². The molecule has 0 aliphatic heterocycles. The van der Waals surface area contributed by atoms with Crippen molar-refractivity contribution in [2.24, 2.45) is 5.41 Å². The minimum atomic E-state index is -0.270. The van der Waals surface area contributed by atoms with Gasteiger partial charge in [-0.1, -0.05) is 44.5 Å². The topological polar surface area (TPSA) is 58.6 Å². The summed E-state index contributed by atoms with van der Waals surface area (Å²) < 4.78 is 5.35. The zero-order chi connectivity index (χ0) is 15.2. The molecule has 0 saturated carbocycles. The first-order valence-electron chi connectivity index (χ1n) is 6.59. The number of nitrogens with one attached hydrogen (secondary N) is 1. The van der Waals surface area contributed by atoms with Crippen molar-refractivity contribution in [2.75, 3.05) is 13.2 Å². The second-order valence-corrected chi connectivity index (χ2v) is 6.34. The molecule has 0 radical (unpaired) electrons. The standard InChI is InChI=1S/C15H22ClNO3/c1-15(2,3)8-11(9-18)17-14(19)10-20-13-7-5-4-6-12(13)16/h4-7,11,18H,8-10H2,1-3H3,(H,17,19). The minimum absolute atomic E-state index is 0.0320. The molecule has 20 heavy (non-hydrogen) atoms. The molecule has 1 unspecified atom stereocenters. The molecule has 0 fully saturated rings. The maximum Gasteiger partial charge on any atom is 0.258 e. The first kappa shape index (κ1) is 16.8. The number of ether oxygens (including phenoxy) is 1. The highest BCUT2D eigenvalue weighted by atomic mass is 35.5. The SMILES string of the molecule is CC(C)(C)CC(CO)NC(=O)COc1ccccc1Cl. The Balaban J connectivity index is 2.45. The van der Waals surface area contributed by atoms with Crippen molar-refractivity contribution in [1.29, 1.82) is 0 Å². The fourth-order valence-corrected chi connectivity index (χ4v) is 2.07. The van der Waals surface area contributed by atoms with Gasteiger partial charge in [0.25, 0.3) is 5.91 Å². The average Bonchev–Trinajstić information content (AvgIpc) is 2.35. The molecule has 1 aromatic rings. The van der Waals surface area contributed by atoms with E-state index in [9.17, 15) is 9.90 Å². The van der Waals surface area contributed by atoms with Gasteiger partial charge in [0.15, 0.2) is 6.61 Å². The molecule has 0 bridgehead atoms. The second kappa shape index (κ2) is 7.50. The van der Waals surface area contributed by atoms with E-state index in [1.54, 1.807) is 24.3 Å². The van der Waals surface area contributed by atoms with E-state index < -0.39 is 0 Å². The molecule has 0 aromatic heterocycles. The molecule has 112 valence electrons. The molecule has 4 nitrogen and oxygen atoms in total. The molecule has 2 N–H and O–H groups in total. The number of aliphatic hydroxyl groups excluding tert-OH is 1. The summed E-state index contributed by atoms with van der Waals surface area (Å²) in [5.41, 5.74) is 0.0320. The number of hydrogen-bond acceptors (Lipinski definition) is 3. The largest absolute Gasteiger partial charge is 0.482 e. The Labute approximate surface area is 125 Å². The highest BCUT2D eigenvalue weighted by Crippen LogP contribution is 2.23. The van der Waals surface area contributed by atoms with E-state index in [1.165, 1.54) is 0 Å². The normalized spacial score (nSPS) is 12.8. The third-order valence-corrected chi connectivity index (χ3v) is 2.95. The van der Waals surface area contributed by atoms with Gasteiger partial charge in [0, 0.05) is 0 Å². The molecular weight excluding hydrogens is 278 g/mol. The van der Waals surface area contributed by atoms with Crippen LogP contribution in [0.1, 0.15) is 27.2 Å². The van der Waals surface area contributed by atoms with Gasteiger partial charge in [0.05, 0.1) is 17.7 Å². The molecule has 1 amide bonds. The molecule has 5 heteroatoms. The van der Waals surface area contributed by atoms with Crippen molar-refractivity contribution in [3.8, 4) is 5.75 Å². The lowest BCUT2D eigenvalue weighted by atomic mass is 9.88. The minimum Gasteiger partial charge on any atom is -0.482 e. The van der Waals surface area contributed by atoms with Gasteiger partial charge < -0.3 is 15.2 Å². The van der Waals surface area contributed by atoms with E-state index in [0.717, 1.165) is 0 Å². The van der Waals surface area contributed by atoms with Crippen LogP contribution in [0.3, 0.4) is 0 Å². The van der Waals surface area contributed by atoms with Crippen LogP contribution < -0.4 is 10.1 Å². The van der Waals surface area contributed by atoms with Gasteiger partial charge in [-0.3, -0.25) is 4.79 Å². The molecule has 0 saturated heterocycles. The lowest BCUT2D eigenvalue weighted by Gasteiger charge is -2.25. The van der Waals surface area contributed by atoms with Gasteiger partial charge in [-0.2, -0.15) is 0 Å². The summed E-state index contributed by atoms with van der Waals surface area (Å²) in [6.45, 7) is 5.96. The van der Waals surface area contributed by atoms with Crippen LogP contribution in [0.15, 0.2) is 24.3 Å². The summed E-state index contributed by atoms with van der Waals surface area (Å²) in [5.74, 6) is 0.203. The quantitative estimate of drug-likeness (QED) is 0.849. The van der Waals surface area contributed by atoms with Gasteiger partial charge in [0.2, 0.25) is 0 Å². The van der Waals surface area contributed by atoms with Crippen molar-refractivity contribution in [3.63, 3.8) is 0 Å². The number of carbonyl (C=O) groups excluding carboxylic acids is 1. The summed E-state index contributed by atoms with van der Waals surface area (Å²) >= 11 is 5.93. The highest BCUT2D eigenvalue weighted by molar-refractivity contribution is 6.32. The molecular formula is C15H22ClNO3. The van der Waals surface area contributed by atoms with E-state index in [0.29, 0.717) is 17.2 Å². The van der Waals surface area contributed by atoms with Crippen LogP contribution in [0.2, 0.25) is 5.02 Å². The van der Waals surface area contributed by atoms with Crippen molar-refractivity contribution in [2.45, 2.75) is 33.2 Å². The van der Waals surface area contributed by atoms with Crippen LogP contribution in [0.25, 0.3) is 0 Å². The summed E-state index contributed by atoms with van der Waals surface area (Å²) in [4.78, 5) is 11.8. The van der Waals surface area contributed by atoms with Crippen LogP contribution in [-0.4, -0.2) is 30.3 Å². The van der Waals surface area contributed by atoms with E-state index in [-0.39, 0.29) is 30.6 Å². The predicted octanol–water partition coefficient (Wildman–Crippen LogP) is 2.63. The Hall–Kier alpha value is -1.26. The van der Waals surface area contributed by atoms with Crippen molar-refractivity contribution < 1.29 is 14.6 Å². The molecule has 0 heterocycles. The zero-order valence-electron chi connectivity index (χ0n) is 12.1. The Morgan fingerprint density at radius 1 is 1.40 bits per heavy atom. The average molecular weight is 300 g/mol. The molecule has 0 aliphatic carbocycles. The molecule has 1 aromatic carbocycles. The number of benzene rings is 1. The first-order valence-corrected chi connectivity index (χ1v) is 6.97. The van der Waals surface area contributed by atoms with Crippen LogP contribution >= 0.6 is 11.6 Å². The van der Waals surface area contributed by atoms with Crippen molar-refractivity contribution in [1.82, 2.24) is 5.32 Å². The number of carbonyl (C=O) groups is 1. The maximum atomic E-state index is 11.8. The van der Waals surface area contributed by atoms with Crippen LogP contribution in [0.4, 0.5) is 0 Å². The van der Waals surface area contributed by atoms with Gasteiger partial charge >= 0.3 is 0 Å². The maximum absolute atomic E-state index is 11.8. The third-order valence-electron chi connectivity index (χ3n) is 2.64. The lowest BCUT2D eigenvalue weighted by Crippen LogP contribution is -2.42. The second-order valence-electron chi connectivity index (χ2n) is 5.93. The molecule has 0 aliphatic rings. The summed E-state index contributed by atoms with van der Waals surface area (Å²) in [7, 11) is 0. The van der Waals surface area contributed by atoms with Crippen molar-refractivity contribution >= 4 is 17.5 Å². The van der Waals surface area contributed by atoms with Crippen molar-refractivity contribution in [3.05, 3.63) is 29.3 Å². The fourth-order valence-electron chi connectivity index (χ4n) is 1.87. The summed E-state index contributed by atoms with van der Waals surface area (Å²) in [6, 6.07) is 6.71. The third kappa shape index (κ3) is 6.26. The first-order chi connectivity index (χ1) is 9.31. The predicted molar refractivity (Wildman–Crippen MR) is 80.0 cm³/mol. The molecule has 1 atom stereocenters. The number of halogens is 1. The molecule has 0 spiro atoms. The number of rotatable bonds is 6. The monoisotopic (exact) mass is 299 g/mol. The van der Waals surface area contributed by atoms with Gasteiger partial charge in [-0.25, -0.2) is 0 Å². The highest BCUT2D eigenvalue weighted by Gasteiger charge is 2.20. The van der Waals surface area contributed by atoms with E-state index in [1.807, 2.05) is 0 Å². The number of aliphatic hydroxyl groups is 1. The lowest BCUT2D eigenvalue weighted by molar-refractivity contribution is -0.124. The van der Waals surface area contributed by atoms with E-state index >= 15 is 0 Å². The Kier molecular flexibility index (Phi) is 6.30.